The SMILES string of the molecule is COc1c(C#N)cc(C(F)(F)F)cc1CBr. The van der Waals surface area contributed by atoms with Crippen LogP contribution in [0.15, 0.2) is 12.1 Å². The average molecular weight is 294 g/mol. The molecule has 0 saturated heterocycles. The number of hydrogen-bond acceptors (Lipinski definition) is 2. The Morgan fingerprint density at radius 2 is 2.06 bits per heavy atom. The van der Waals surface area contributed by atoms with Gasteiger partial charge in [-0.15, -0.1) is 0 Å². The standard InChI is InChI=1S/C10H7BrF3NO/c1-16-9-6(4-11)2-8(10(12,13)14)3-7(9)5-15/h2-3H,4H2,1H3. The van der Waals surface area contributed by atoms with Crippen LogP contribution < -0.4 is 4.74 Å². The zero-order chi connectivity index (χ0) is 12.3. The van der Waals surface area contributed by atoms with Gasteiger partial charge < -0.3 is 4.74 Å². The summed E-state index contributed by atoms with van der Waals surface area (Å²) < 4.78 is 42.4. The Morgan fingerprint density at radius 1 is 1.44 bits per heavy atom. The number of nitriles is 1. The smallest absolute Gasteiger partial charge is 0.416 e. The van der Waals surface area contributed by atoms with Crippen LogP contribution in [0.1, 0.15) is 16.7 Å². The Balaban J connectivity index is 3.45. The van der Waals surface area contributed by atoms with Gasteiger partial charge in [-0.25, -0.2) is 0 Å². The van der Waals surface area contributed by atoms with Crippen molar-refractivity contribution < 1.29 is 17.9 Å². The van der Waals surface area contributed by atoms with Crippen molar-refractivity contribution in [3.8, 4) is 11.8 Å². The van der Waals surface area contributed by atoms with Gasteiger partial charge in [-0.1, -0.05) is 15.9 Å². The van der Waals surface area contributed by atoms with E-state index in [1.54, 1.807) is 6.07 Å². The molecule has 0 aliphatic carbocycles. The molecule has 86 valence electrons. The second-order valence-electron chi connectivity index (χ2n) is 2.96. The molecule has 0 aliphatic heterocycles. The highest BCUT2D eigenvalue weighted by molar-refractivity contribution is 9.08. The van der Waals surface area contributed by atoms with Gasteiger partial charge in [0.2, 0.25) is 0 Å². The lowest BCUT2D eigenvalue weighted by molar-refractivity contribution is -0.137. The summed E-state index contributed by atoms with van der Waals surface area (Å²) in [7, 11) is 1.32. The van der Waals surface area contributed by atoms with Crippen LogP contribution >= 0.6 is 15.9 Å². The van der Waals surface area contributed by atoms with Gasteiger partial charge in [0.1, 0.15) is 11.8 Å². The zero-order valence-corrected chi connectivity index (χ0v) is 9.82. The van der Waals surface area contributed by atoms with Gasteiger partial charge in [0.05, 0.1) is 18.2 Å². The monoisotopic (exact) mass is 293 g/mol. The fourth-order valence-corrected chi connectivity index (χ4v) is 1.69. The molecule has 1 aromatic carbocycles. The highest BCUT2D eigenvalue weighted by Crippen LogP contribution is 2.35. The highest BCUT2D eigenvalue weighted by Gasteiger charge is 2.32. The second kappa shape index (κ2) is 4.74. The molecule has 0 amide bonds. The molecule has 1 rings (SSSR count). The predicted molar refractivity (Wildman–Crippen MR) is 55.3 cm³/mol. The van der Waals surface area contributed by atoms with E-state index < -0.39 is 11.7 Å². The maximum atomic E-state index is 12.5. The van der Waals surface area contributed by atoms with E-state index in [4.69, 9.17) is 10.00 Å². The minimum atomic E-state index is -4.46. The van der Waals surface area contributed by atoms with Crippen LogP contribution in [0, 0.1) is 11.3 Å². The Bertz CT molecular complexity index is 437. The van der Waals surface area contributed by atoms with Crippen LogP contribution in [0.2, 0.25) is 0 Å². The first kappa shape index (κ1) is 12.8. The van der Waals surface area contributed by atoms with E-state index in [1.165, 1.54) is 7.11 Å². The van der Waals surface area contributed by atoms with E-state index in [0.29, 0.717) is 5.56 Å². The molecule has 0 aromatic heterocycles. The second-order valence-corrected chi connectivity index (χ2v) is 3.52. The van der Waals surface area contributed by atoms with E-state index in [0.717, 1.165) is 12.1 Å². The Hall–Kier alpha value is -1.22. The fourth-order valence-electron chi connectivity index (χ4n) is 1.28. The Morgan fingerprint density at radius 3 is 2.44 bits per heavy atom. The number of rotatable bonds is 2. The van der Waals surface area contributed by atoms with Crippen molar-refractivity contribution in [1.29, 1.82) is 5.26 Å². The van der Waals surface area contributed by atoms with Gasteiger partial charge in [-0.3, -0.25) is 0 Å². The lowest BCUT2D eigenvalue weighted by atomic mass is 10.1. The van der Waals surface area contributed by atoms with Crippen LogP contribution in [-0.4, -0.2) is 7.11 Å². The number of halogens is 4. The molecule has 0 aliphatic rings. The van der Waals surface area contributed by atoms with E-state index in [1.807, 2.05) is 0 Å². The van der Waals surface area contributed by atoms with Crippen molar-refractivity contribution >= 4 is 15.9 Å². The Kier molecular flexibility index (Phi) is 3.81. The topological polar surface area (TPSA) is 33.0 Å². The van der Waals surface area contributed by atoms with Crippen molar-refractivity contribution in [2.75, 3.05) is 7.11 Å². The molecule has 0 N–H and O–H groups in total. The normalized spacial score (nSPS) is 11.0. The molecule has 6 heteroatoms. The summed E-state index contributed by atoms with van der Waals surface area (Å²) in [6.45, 7) is 0. The summed E-state index contributed by atoms with van der Waals surface area (Å²) in [5.41, 5.74) is -0.667. The Labute approximate surface area is 98.8 Å². The van der Waals surface area contributed by atoms with Crippen molar-refractivity contribution in [3.63, 3.8) is 0 Å². The lowest BCUT2D eigenvalue weighted by Gasteiger charge is -2.12. The molecular formula is C10H7BrF3NO. The predicted octanol–water partition coefficient (Wildman–Crippen LogP) is 3.48. The van der Waals surface area contributed by atoms with E-state index in [2.05, 4.69) is 15.9 Å². The van der Waals surface area contributed by atoms with Crippen LogP contribution in [0.5, 0.6) is 5.75 Å². The molecule has 0 bridgehead atoms. The maximum Gasteiger partial charge on any atom is 0.416 e. The van der Waals surface area contributed by atoms with Crippen molar-refractivity contribution in [2.45, 2.75) is 11.5 Å². The van der Waals surface area contributed by atoms with Crippen molar-refractivity contribution in [2.24, 2.45) is 0 Å². The van der Waals surface area contributed by atoms with Crippen LogP contribution in [0.3, 0.4) is 0 Å². The first-order valence-corrected chi connectivity index (χ1v) is 5.30. The summed E-state index contributed by atoms with van der Waals surface area (Å²) in [5.74, 6) is 0.173. The number of nitrogens with zero attached hydrogens (tertiary/aromatic N) is 1. The molecule has 1 aromatic rings. The van der Waals surface area contributed by atoms with Gasteiger partial charge in [-0.2, -0.15) is 18.4 Å². The molecule has 0 fully saturated rings. The third-order valence-electron chi connectivity index (χ3n) is 1.96. The van der Waals surface area contributed by atoms with Crippen molar-refractivity contribution in [1.82, 2.24) is 0 Å². The number of ether oxygens (including phenoxy) is 1. The van der Waals surface area contributed by atoms with Gasteiger partial charge in [0.15, 0.2) is 0 Å². The fraction of sp³-hybridized carbons (Fsp3) is 0.300. The summed E-state index contributed by atoms with van der Waals surface area (Å²) in [6, 6.07) is 3.44. The van der Waals surface area contributed by atoms with Gasteiger partial charge in [0, 0.05) is 10.9 Å². The van der Waals surface area contributed by atoms with Crippen molar-refractivity contribution in [3.05, 3.63) is 28.8 Å². The number of benzene rings is 1. The zero-order valence-electron chi connectivity index (χ0n) is 8.23. The summed E-state index contributed by atoms with van der Waals surface area (Å²) >= 11 is 3.06. The first-order chi connectivity index (χ1) is 7.43. The minimum absolute atomic E-state index is 0.119. The number of alkyl halides is 4. The van der Waals surface area contributed by atoms with Gasteiger partial charge in [-0.05, 0) is 12.1 Å². The van der Waals surface area contributed by atoms with E-state index >= 15 is 0 Å². The van der Waals surface area contributed by atoms with E-state index in [-0.39, 0.29) is 16.6 Å². The molecule has 2 nitrogen and oxygen atoms in total. The third-order valence-corrected chi connectivity index (χ3v) is 2.57. The summed E-state index contributed by atoms with van der Waals surface area (Å²) in [5, 5.41) is 8.94. The maximum absolute atomic E-state index is 12.5. The molecule has 0 atom stereocenters. The number of hydrogen-bond donors (Lipinski definition) is 0. The van der Waals surface area contributed by atoms with Crippen LogP contribution in [0.4, 0.5) is 13.2 Å². The quantitative estimate of drug-likeness (QED) is 0.782. The summed E-state index contributed by atoms with van der Waals surface area (Å²) in [4.78, 5) is 0. The van der Waals surface area contributed by atoms with Gasteiger partial charge >= 0.3 is 6.18 Å². The van der Waals surface area contributed by atoms with Gasteiger partial charge in [0.25, 0.3) is 0 Å². The lowest BCUT2D eigenvalue weighted by Crippen LogP contribution is -2.07. The largest absolute Gasteiger partial charge is 0.495 e. The molecule has 0 spiro atoms. The molecule has 0 saturated carbocycles. The highest BCUT2D eigenvalue weighted by atomic mass is 79.9. The average Bonchev–Trinajstić information content (AvgIpc) is 2.25. The van der Waals surface area contributed by atoms with Crippen LogP contribution in [0.25, 0.3) is 0 Å². The molecule has 0 radical (unpaired) electrons. The summed E-state index contributed by atoms with van der Waals surface area (Å²) in [6.07, 6.45) is -4.46. The van der Waals surface area contributed by atoms with E-state index in [9.17, 15) is 13.2 Å². The third kappa shape index (κ3) is 2.47. The number of methoxy groups -OCH3 is 1. The molecule has 0 unspecified atom stereocenters. The molecule has 16 heavy (non-hydrogen) atoms. The van der Waals surface area contributed by atoms with Crippen LogP contribution in [-0.2, 0) is 11.5 Å². The minimum Gasteiger partial charge on any atom is -0.495 e. The molecular weight excluding hydrogens is 287 g/mol. The first-order valence-electron chi connectivity index (χ1n) is 4.18. The molecule has 0 heterocycles.